The van der Waals surface area contributed by atoms with Crippen LogP contribution >= 0.6 is 11.6 Å². The highest BCUT2D eigenvalue weighted by molar-refractivity contribution is 6.30. The third-order valence-electron chi connectivity index (χ3n) is 4.19. The predicted molar refractivity (Wildman–Crippen MR) is 103 cm³/mol. The van der Waals surface area contributed by atoms with Gasteiger partial charge in [0.25, 0.3) is 0 Å². The van der Waals surface area contributed by atoms with Crippen LogP contribution in [0.4, 0.5) is 0 Å². The van der Waals surface area contributed by atoms with Gasteiger partial charge in [0, 0.05) is 17.0 Å². The number of halogens is 1. The van der Waals surface area contributed by atoms with Gasteiger partial charge >= 0.3 is 5.97 Å². The van der Waals surface area contributed by atoms with Crippen LogP contribution in [0.15, 0.2) is 46.9 Å². The average molecular weight is 386 g/mol. The molecule has 0 amide bonds. The minimum absolute atomic E-state index is 0.0243. The van der Waals surface area contributed by atoms with Crippen molar-refractivity contribution < 1.29 is 19.1 Å². The van der Waals surface area contributed by atoms with Crippen molar-refractivity contribution in [1.82, 2.24) is 4.98 Å². The fourth-order valence-corrected chi connectivity index (χ4v) is 2.84. The summed E-state index contributed by atoms with van der Waals surface area (Å²) in [5.41, 5.74) is 3.37. The van der Waals surface area contributed by atoms with Gasteiger partial charge in [-0.05, 0) is 55.3 Å². The Morgan fingerprint density at radius 2 is 1.93 bits per heavy atom. The Labute approximate surface area is 162 Å². The molecule has 6 heteroatoms. The van der Waals surface area contributed by atoms with Crippen molar-refractivity contribution in [3.05, 3.63) is 70.1 Å². The average Bonchev–Trinajstić information content (AvgIpc) is 2.99. The number of ether oxygens (including phenoxy) is 1. The van der Waals surface area contributed by atoms with Crippen LogP contribution in [0, 0.1) is 13.8 Å². The fraction of sp³-hybridized carbons (Fsp3) is 0.238. The summed E-state index contributed by atoms with van der Waals surface area (Å²) in [6, 6.07) is 12.8. The van der Waals surface area contributed by atoms with E-state index in [4.69, 9.17) is 25.9 Å². The molecule has 1 N–H and O–H groups in total. The molecule has 0 aliphatic carbocycles. The van der Waals surface area contributed by atoms with Gasteiger partial charge in [0.1, 0.15) is 11.5 Å². The van der Waals surface area contributed by atoms with E-state index in [-0.39, 0.29) is 6.42 Å². The molecule has 1 aromatic heterocycles. The second kappa shape index (κ2) is 8.27. The normalized spacial score (nSPS) is 10.8. The molecule has 0 fully saturated rings. The first-order valence-corrected chi connectivity index (χ1v) is 8.96. The quantitative estimate of drug-likeness (QED) is 0.628. The summed E-state index contributed by atoms with van der Waals surface area (Å²) in [5.74, 6) is 1.13. The van der Waals surface area contributed by atoms with Gasteiger partial charge in [-0.25, -0.2) is 4.98 Å². The number of carboxylic acid groups (broad SMARTS) is 1. The van der Waals surface area contributed by atoms with Gasteiger partial charge in [0.15, 0.2) is 0 Å². The smallest absolute Gasteiger partial charge is 0.307 e. The van der Waals surface area contributed by atoms with Crippen LogP contribution in [0.5, 0.6) is 5.75 Å². The molecule has 0 saturated carbocycles. The molecular weight excluding hydrogens is 366 g/mol. The molecule has 27 heavy (non-hydrogen) atoms. The topological polar surface area (TPSA) is 72.6 Å². The molecule has 0 spiro atoms. The number of hydrogen-bond donors (Lipinski definition) is 1. The second-order valence-corrected chi connectivity index (χ2v) is 6.73. The maximum atomic E-state index is 10.9. The fourth-order valence-electron chi connectivity index (χ4n) is 2.72. The van der Waals surface area contributed by atoms with E-state index in [1.807, 2.05) is 32.0 Å². The SMILES string of the molecule is Cc1ccc(CC(=O)O)cc1OCCc1nc(-c2ccc(Cl)cc2)oc1C. The Hall–Kier alpha value is -2.79. The first-order chi connectivity index (χ1) is 12.9. The summed E-state index contributed by atoms with van der Waals surface area (Å²) in [7, 11) is 0. The first-order valence-electron chi connectivity index (χ1n) is 8.59. The third-order valence-corrected chi connectivity index (χ3v) is 4.44. The lowest BCUT2D eigenvalue weighted by Gasteiger charge is -2.10. The van der Waals surface area contributed by atoms with E-state index in [2.05, 4.69) is 4.98 Å². The van der Waals surface area contributed by atoms with E-state index in [1.165, 1.54) is 0 Å². The van der Waals surface area contributed by atoms with Crippen LogP contribution in [0.3, 0.4) is 0 Å². The maximum absolute atomic E-state index is 10.9. The maximum Gasteiger partial charge on any atom is 0.307 e. The Bertz CT molecular complexity index is 947. The number of nitrogens with zero attached hydrogens (tertiary/aromatic N) is 1. The summed E-state index contributed by atoms with van der Waals surface area (Å²) in [6.45, 7) is 4.23. The van der Waals surface area contributed by atoms with E-state index in [1.54, 1.807) is 24.3 Å². The van der Waals surface area contributed by atoms with E-state index in [0.29, 0.717) is 35.3 Å². The molecule has 0 saturated heterocycles. The van der Waals surface area contributed by atoms with Crippen LogP contribution in [0.25, 0.3) is 11.5 Å². The lowest BCUT2D eigenvalue weighted by Crippen LogP contribution is -2.05. The molecule has 0 aliphatic heterocycles. The van der Waals surface area contributed by atoms with Gasteiger partial charge in [0.05, 0.1) is 18.7 Å². The Morgan fingerprint density at radius 1 is 1.19 bits per heavy atom. The number of rotatable bonds is 7. The Morgan fingerprint density at radius 3 is 2.63 bits per heavy atom. The Balaban J connectivity index is 1.66. The minimum Gasteiger partial charge on any atom is -0.493 e. The summed E-state index contributed by atoms with van der Waals surface area (Å²) < 4.78 is 11.6. The van der Waals surface area contributed by atoms with Crippen molar-refractivity contribution in [2.75, 3.05) is 6.61 Å². The summed E-state index contributed by atoms with van der Waals surface area (Å²) in [6.07, 6.45) is 0.564. The van der Waals surface area contributed by atoms with Crippen LogP contribution < -0.4 is 4.74 Å². The highest BCUT2D eigenvalue weighted by Gasteiger charge is 2.12. The van der Waals surface area contributed by atoms with Crippen molar-refractivity contribution in [1.29, 1.82) is 0 Å². The molecule has 0 bridgehead atoms. The van der Waals surface area contributed by atoms with E-state index in [0.717, 1.165) is 22.6 Å². The molecule has 2 aromatic carbocycles. The number of oxazole rings is 1. The number of carboxylic acids is 1. The molecule has 0 radical (unpaired) electrons. The number of aryl methyl sites for hydroxylation is 2. The van der Waals surface area contributed by atoms with E-state index < -0.39 is 5.97 Å². The largest absolute Gasteiger partial charge is 0.493 e. The van der Waals surface area contributed by atoms with Gasteiger partial charge in [0.2, 0.25) is 5.89 Å². The molecule has 3 rings (SSSR count). The van der Waals surface area contributed by atoms with Gasteiger partial charge in [-0.2, -0.15) is 0 Å². The number of aliphatic carboxylic acids is 1. The molecule has 1 heterocycles. The van der Waals surface area contributed by atoms with Crippen molar-refractivity contribution in [2.24, 2.45) is 0 Å². The summed E-state index contributed by atoms with van der Waals surface area (Å²) in [4.78, 5) is 15.4. The van der Waals surface area contributed by atoms with Crippen molar-refractivity contribution in [3.63, 3.8) is 0 Å². The molecule has 0 aliphatic rings. The van der Waals surface area contributed by atoms with E-state index in [9.17, 15) is 4.79 Å². The van der Waals surface area contributed by atoms with Gasteiger partial charge < -0.3 is 14.3 Å². The van der Waals surface area contributed by atoms with Crippen LogP contribution in [0.2, 0.25) is 5.02 Å². The standard InChI is InChI=1S/C21H20ClNO4/c1-13-3-4-15(12-20(24)25)11-19(13)26-10-9-18-14(2)27-21(23-18)16-5-7-17(22)8-6-16/h3-8,11H,9-10,12H2,1-2H3,(H,24,25). The second-order valence-electron chi connectivity index (χ2n) is 6.30. The lowest BCUT2D eigenvalue weighted by molar-refractivity contribution is -0.136. The molecule has 3 aromatic rings. The molecular formula is C21H20ClNO4. The number of benzene rings is 2. The minimum atomic E-state index is -0.863. The van der Waals surface area contributed by atoms with Crippen molar-refractivity contribution >= 4 is 17.6 Å². The summed E-state index contributed by atoms with van der Waals surface area (Å²) >= 11 is 5.91. The van der Waals surface area contributed by atoms with E-state index >= 15 is 0 Å². The van der Waals surface area contributed by atoms with Crippen LogP contribution in [0.1, 0.15) is 22.6 Å². The van der Waals surface area contributed by atoms with Gasteiger partial charge in [-0.15, -0.1) is 0 Å². The highest BCUT2D eigenvalue weighted by Crippen LogP contribution is 2.24. The third kappa shape index (κ3) is 4.89. The number of aromatic nitrogens is 1. The molecule has 0 unspecified atom stereocenters. The zero-order valence-electron chi connectivity index (χ0n) is 15.2. The molecule has 140 valence electrons. The summed E-state index contributed by atoms with van der Waals surface area (Å²) in [5, 5.41) is 9.59. The Kier molecular flexibility index (Phi) is 5.81. The van der Waals surface area contributed by atoms with Gasteiger partial charge in [-0.3, -0.25) is 4.79 Å². The molecule has 5 nitrogen and oxygen atoms in total. The monoisotopic (exact) mass is 385 g/mol. The number of carbonyl (C=O) groups is 1. The highest BCUT2D eigenvalue weighted by atomic mass is 35.5. The zero-order chi connectivity index (χ0) is 19.4. The van der Waals surface area contributed by atoms with Crippen molar-refractivity contribution in [2.45, 2.75) is 26.7 Å². The zero-order valence-corrected chi connectivity index (χ0v) is 15.9. The number of hydrogen-bond acceptors (Lipinski definition) is 4. The lowest BCUT2D eigenvalue weighted by atomic mass is 10.1. The first kappa shape index (κ1) is 19.0. The van der Waals surface area contributed by atoms with Crippen LogP contribution in [-0.2, 0) is 17.6 Å². The predicted octanol–water partition coefficient (Wildman–Crippen LogP) is 4.86. The van der Waals surface area contributed by atoms with Gasteiger partial charge in [-0.1, -0.05) is 23.7 Å². The van der Waals surface area contributed by atoms with Crippen molar-refractivity contribution in [3.8, 4) is 17.2 Å². The van der Waals surface area contributed by atoms with Crippen LogP contribution in [-0.4, -0.2) is 22.7 Å². The molecule has 0 atom stereocenters.